The maximum Gasteiger partial charge on any atom is 0.410 e. The minimum atomic E-state index is -0.320. The summed E-state index contributed by atoms with van der Waals surface area (Å²) in [6.07, 6.45) is 3.19. The van der Waals surface area contributed by atoms with E-state index in [1.165, 1.54) is 0 Å². The fraction of sp³-hybridized carbons (Fsp3) is 0.800. The van der Waals surface area contributed by atoms with Crippen LogP contribution < -0.4 is 0 Å². The zero-order valence-electron chi connectivity index (χ0n) is 13.8. The van der Waals surface area contributed by atoms with Crippen molar-refractivity contribution >= 4 is 6.09 Å². The van der Waals surface area contributed by atoms with E-state index in [-0.39, 0.29) is 11.7 Å². The molecule has 8 heteroatoms. The van der Waals surface area contributed by atoms with Crippen molar-refractivity contribution in [3.8, 4) is 0 Å². The molecule has 2 aliphatic rings. The molecule has 3 heterocycles. The van der Waals surface area contributed by atoms with Gasteiger partial charge in [-0.2, -0.15) is 4.98 Å². The number of methoxy groups -OCH3 is 1. The molecule has 128 valence electrons. The third-order valence-corrected chi connectivity index (χ3v) is 4.53. The molecule has 1 aromatic heterocycles. The Balaban J connectivity index is 1.54. The molecule has 2 aliphatic heterocycles. The Morgan fingerprint density at radius 2 is 2.22 bits per heavy atom. The largest absolute Gasteiger partial charge is 0.441 e. The van der Waals surface area contributed by atoms with Crippen molar-refractivity contribution in [1.29, 1.82) is 0 Å². The van der Waals surface area contributed by atoms with Gasteiger partial charge in [-0.3, -0.25) is 4.90 Å². The van der Waals surface area contributed by atoms with E-state index in [1.54, 1.807) is 19.1 Å². The Morgan fingerprint density at radius 3 is 2.96 bits per heavy atom. The number of ether oxygens (including phenoxy) is 2. The molecule has 0 radical (unpaired) electrons. The lowest BCUT2D eigenvalue weighted by Gasteiger charge is -2.25. The van der Waals surface area contributed by atoms with Gasteiger partial charge in [0, 0.05) is 33.5 Å². The third-order valence-electron chi connectivity index (χ3n) is 4.53. The minimum absolute atomic E-state index is 0.210. The molecule has 1 unspecified atom stereocenters. The molecule has 2 saturated heterocycles. The van der Waals surface area contributed by atoms with Gasteiger partial charge in [0.1, 0.15) is 5.60 Å². The van der Waals surface area contributed by atoms with Crippen molar-refractivity contribution in [2.45, 2.75) is 37.8 Å². The van der Waals surface area contributed by atoms with Crippen LogP contribution in [0.15, 0.2) is 4.52 Å². The standard InChI is InChI=1S/C15H24N4O4/c1-18-11-15(22-14(18)20)5-3-7-19(8-6-15)10-13-16-12(17-23-13)4-9-21-2/h3-11H2,1-2H3. The second-order valence-electron chi connectivity index (χ2n) is 6.38. The number of rotatable bonds is 5. The van der Waals surface area contributed by atoms with Crippen LogP contribution in [0.4, 0.5) is 4.79 Å². The number of hydrogen-bond acceptors (Lipinski definition) is 7. The van der Waals surface area contributed by atoms with Gasteiger partial charge in [-0.15, -0.1) is 0 Å². The molecule has 1 aromatic rings. The molecule has 0 bridgehead atoms. The highest BCUT2D eigenvalue weighted by atomic mass is 16.6. The fourth-order valence-electron chi connectivity index (χ4n) is 3.27. The van der Waals surface area contributed by atoms with Crippen LogP contribution in [0.3, 0.4) is 0 Å². The van der Waals surface area contributed by atoms with Crippen molar-refractivity contribution < 1.29 is 18.8 Å². The first kappa shape index (κ1) is 16.2. The first-order valence-corrected chi connectivity index (χ1v) is 8.07. The maximum absolute atomic E-state index is 11.7. The summed E-state index contributed by atoms with van der Waals surface area (Å²) in [5, 5.41) is 3.96. The van der Waals surface area contributed by atoms with Gasteiger partial charge in [0.2, 0.25) is 5.89 Å². The van der Waals surface area contributed by atoms with Gasteiger partial charge >= 0.3 is 6.09 Å². The van der Waals surface area contributed by atoms with Crippen molar-refractivity contribution in [3.63, 3.8) is 0 Å². The molecule has 0 aliphatic carbocycles. The summed E-state index contributed by atoms with van der Waals surface area (Å²) in [6, 6.07) is 0. The molecule has 1 atom stereocenters. The summed E-state index contributed by atoms with van der Waals surface area (Å²) in [5.74, 6) is 1.31. The Kier molecular flexibility index (Phi) is 4.82. The molecule has 3 rings (SSSR count). The number of aromatic nitrogens is 2. The predicted molar refractivity (Wildman–Crippen MR) is 80.8 cm³/mol. The summed E-state index contributed by atoms with van der Waals surface area (Å²) >= 11 is 0. The summed E-state index contributed by atoms with van der Waals surface area (Å²) in [7, 11) is 3.45. The van der Waals surface area contributed by atoms with Gasteiger partial charge in [0.05, 0.1) is 19.7 Å². The van der Waals surface area contributed by atoms with E-state index in [0.29, 0.717) is 37.8 Å². The predicted octanol–water partition coefficient (Wildman–Crippen LogP) is 1.07. The zero-order valence-corrected chi connectivity index (χ0v) is 13.8. The van der Waals surface area contributed by atoms with E-state index in [0.717, 1.165) is 32.4 Å². The van der Waals surface area contributed by atoms with Gasteiger partial charge in [-0.05, 0) is 19.4 Å². The summed E-state index contributed by atoms with van der Waals surface area (Å²) in [4.78, 5) is 20.0. The molecule has 23 heavy (non-hydrogen) atoms. The maximum atomic E-state index is 11.7. The normalized spacial score (nSPS) is 25.8. The first-order chi connectivity index (χ1) is 11.1. The fourth-order valence-corrected chi connectivity index (χ4v) is 3.27. The first-order valence-electron chi connectivity index (χ1n) is 8.07. The second-order valence-corrected chi connectivity index (χ2v) is 6.38. The van der Waals surface area contributed by atoms with Crippen LogP contribution >= 0.6 is 0 Å². The molecule has 1 spiro atoms. The molecular weight excluding hydrogens is 300 g/mol. The van der Waals surface area contributed by atoms with E-state index in [9.17, 15) is 4.79 Å². The molecule has 0 aromatic carbocycles. The van der Waals surface area contributed by atoms with Crippen molar-refractivity contribution in [2.75, 3.05) is 40.4 Å². The topological polar surface area (TPSA) is 80.9 Å². The second kappa shape index (κ2) is 6.84. The number of likely N-dealkylation sites (tertiary alicyclic amines) is 1. The average molecular weight is 324 g/mol. The highest BCUT2D eigenvalue weighted by Gasteiger charge is 2.44. The average Bonchev–Trinajstić information content (AvgIpc) is 3.01. The summed E-state index contributed by atoms with van der Waals surface area (Å²) < 4.78 is 15.9. The van der Waals surface area contributed by atoms with Crippen LogP contribution in [0, 0.1) is 0 Å². The monoisotopic (exact) mass is 324 g/mol. The number of likely N-dealkylation sites (N-methyl/N-ethyl adjacent to an activating group) is 1. The van der Waals surface area contributed by atoms with Gasteiger partial charge in [-0.25, -0.2) is 4.79 Å². The highest BCUT2D eigenvalue weighted by Crippen LogP contribution is 2.32. The Labute approximate surface area is 135 Å². The molecule has 0 N–H and O–H groups in total. The lowest BCUT2D eigenvalue weighted by Crippen LogP contribution is -2.35. The van der Waals surface area contributed by atoms with Gasteiger partial charge < -0.3 is 18.9 Å². The Bertz CT molecular complexity index is 549. The third kappa shape index (κ3) is 3.81. The van der Waals surface area contributed by atoms with Crippen LogP contribution in [0.5, 0.6) is 0 Å². The van der Waals surface area contributed by atoms with E-state index >= 15 is 0 Å². The molecule has 0 saturated carbocycles. The summed E-state index contributed by atoms with van der Waals surface area (Å²) in [6.45, 7) is 3.71. The van der Waals surface area contributed by atoms with Crippen LogP contribution in [0.1, 0.15) is 31.0 Å². The highest BCUT2D eigenvalue weighted by molar-refractivity contribution is 5.70. The Hall–Kier alpha value is -1.67. The molecular formula is C15H24N4O4. The van der Waals surface area contributed by atoms with E-state index in [2.05, 4.69) is 15.0 Å². The van der Waals surface area contributed by atoms with E-state index in [4.69, 9.17) is 14.0 Å². The Morgan fingerprint density at radius 1 is 1.35 bits per heavy atom. The van der Waals surface area contributed by atoms with Crippen LogP contribution in [-0.2, 0) is 22.4 Å². The number of carbonyl (C=O) groups is 1. The van der Waals surface area contributed by atoms with Crippen LogP contribution in [-0.4, -0.2) is 72.0 Å². The zero-order chi connectivity index (χ0) is 16.3. The molecule has 8 nitrogen and oxygen atoms in total. The van der Waals surface area contributed by atoms with Gasteiger partial charge in [0.25, 0.3) is 0 Å². The smallest absolute Gasteiger partial charge is 0.410 e. The van der Waals surface area contributed by atoms with Crippen LogP contribution in [0.2, 0.25) is 0 Å². The van der Waals surface area contributed by atoms with Crippen molar-refractivity contribution in [3.05, 3.63) is 11.7 Å². The number of hydrogen-bond donors (Lipinski definition) is 0. The van der Waals surface area contributed by atoms with Gasteiger partial charge in [0.15, 0.2) is 5.82 Å². The lowest BCUT2D eigenvalue weighted by molar-refractivity contribution is 0.0440. The van der Waals surface area contributed by atoms with Gasteiger partial charge in [-0.1, -0.05) is 5.16 Å². The molecule has 2 fully saturated rings. The summed E-state index contributed by atoms with van der Waals surface area (Å²) in [5.41, 5.74) is -0.320. The van der Waals surface area contributed by atoms with Crippen LogP contribution in [0.25, 0.3) is 0 Å². The number of amides is 1. The van der Waals surface area contributed by atoms with Crippen molar-refractivity contribution in [1.82, 2.24) is 19.9 Å². The SMILES string of the molecule is COCCc1noc(CN2CCCC3(CC2)CN(C)C(=O)O3)n1. The minimum Gasteiger partial charge on any atom is -0.441 e. The molecule has 1 amide bonds. The quantitative estimate of drug-likeness (QED) is 0.801. The number of nitrogens with zero attached hydrogens (tertiary/aromatic N) is 4. The van der Waals surface area contributed by atoms with Crippen molar-refractivity contribution in [2.24, 2.45) is 0 Å². The lowest BCUT2D eigenvalue weighted by atomic mass is 9.95. The number of carbonyl (C=O) groups excluding carboxylic acids is 1. The van der Waals surface area contributed by atoms with E-state index in [1.807, 2.05) is 0 Å². The van der Waals surface area contributed by atoms with E-state index < -0.39 is 0 Å².